The lowest BCUT2D eigenvalue weighted by Crippen LogP contribution is -2.42. The van der Waals surface area contributed by atoms with E-state index in [2.05, 4.69) is 10.3 Å². The van der Waals surface area contributed by atoms with E-state index in [1.165, 1.54) is 0 Å². The zero-order valence-electron chi connectivity index (χ0n) is 10.7. The third-order valence-corrected chi connectivity index (χ3v) is 4.65. The van der Waals surface area contributed by atoms with Gasteiger partial charge in [0.05, 0.1) is 6.10 Å². The Bertz CT molecular complexity index is 343. The van der Waals surface area contributed by atoms with Gasteiger partial charge in [0.25, 0.3) is 0 Å². The molecule has 0 bridgehead atoms. The molecule has 0 aromatic heterocycles. The Labute approximate surface area is 107 Å². The number of rotatable bonds is 2. The first kappa shape index (κ1) is 12.9. The molecule has 2 aliphatic rings. The molecule has 2 fully saturated rings. The third-order valence-electron chi connectivity index (χ3n) is 3.30. The van der Waals surface area contributed by atoms with Gasteiger partial charge in [0, 0.05) is 13.2 Å². The van der Waals surface area contributed by atoms with Crippen molar-refractivity contribution in [1.82, 2.24) is 5.32 Å². The molecule has 1 aliphatic carbocycles. The summed E-state index contributed by atoms with van der Waals surface area (Å²) >= 11 is 1.60. The van der Waals surface area contributed by atoms with Crippen molar-refractivity contribution in [2.24, 2.45) is 4.99 Å². The van der Waals surface area contributed by atoms with Gasteiger partial charge < -0.3 is 10.1 Å². The molecular weight excluding hydrogens is 236 g/mol. The van der Waals surface area contributed by atoms with Crippen molar-refractivity contribution in [1.29, 1.82) is 0 Å². The van der Waals surface area contributed by atoms with Crippen molar-refractivity contribution >= 4 is 22.8 Å². The predicted molar refractivity (Wildman–Crippen MR) is 70.3 cm³/mol. The van der Waals surface area contributed by atoms with Crippen LogP contribution in [-0.4, -0.2) is 35.1 Å². The van der Waals surface area contributed by atoms with Crippen LogP contribution < -0.4 is 5.32 Å². The number of carbonyl (C=O) groups is 1. The summed E-state index contributed by atoms with van der Waals surface area (Å²) in [6.07, 6.45) is 4.05. The molecule has 2 atom stereocenters. The van der Waals surface area contributed by atoms with E-state index < -0.39 is 0 Å². The van der Waals surface area contributed by atoms with Crippen LogP contribution in [0.15, 0.2) is 4.99 Å². The summed E-state index contributed by atoms with van der Waals surface area (Å²) in [5.41, 5.74) is 0. The van der Waals surface area contributed by atoms with Crippen LogP contribution in [-0.2, 0) is 9.53 Å². The van der Waals surface area contributed by atoms with Crippen molar-refractivity contribution in [2.45, 2.75) is 56.4 Å². The summed E-state index contributed by atoms with van der Waals surface area (Å²) in [5.74, 6) is 0.114. The molecule has 1 heterocycles. The lowest BCUT2D eigenvalue weighted by Gasteiger charge is -2.33. The predicted octanol–water partition coefficient (Wildman–Crippen LogP) is 1.94. The second kappa shape index (κ2) is 4.98. The maximum absolute atomic E-state index is 12.1. The quantitative estimate of drug-likeness (QED) is 0.821. The maximum atomic E-state index is 12.1. The van der Waals surface area contributed by atoms with E-state index in [1.54, 1.807) is 18.9 Å². The second-order valence-electron chi connectivity index (χ2n) is 5.03. The zero-order valence-corrected chi connectivity index (χ0v) is 11.5. The number of ether oxygens (including phenoxy) is 1. The first-order chi connectivity index (χ1) is 8.05. The minimum absolute atomic E-state index is 0.114. The number of aliphatic imine (C=N–C) groups is 1. The number of hydrogen-bond donors (Lipinski definition) is 1. The van der Waals surface area contributed by atoms with Gasteiger partial charge in [-0.15, -0.1) is 0 Å². The topological polar surface area (TPSA) is 50.7 Å². The van der Waals surface area contributed by atoms with E-state index in [9.17, 15) is 4.79 Å². The standard InChI is InChI=1S/C12H20N2O2S/c1-8(2)13-11-14-10(15)12(17-11)6-4-5-9(7-12)16-3/h8-9H,4-7H2,1-3H3,(H,13,14,15). The van der Waals surface area contributed by atoms with Crippen LogP contribution in [0.4, 0.5) is 0 Å². The number of amides is 1. The van der Waals surface area contributed by atoms with E-state index in [1.807, 2.05) is 13.8 Å². The number of thioether (sulfide) groups is 1. The highest BCUT2D eigenvalue weighted by Crippen LogP contribution is 2.44. The number of carbonyl (C=O) groups excluding carboxylic acids is 1. The highest BCUT2D eigenvalue weighted by Gasteiger charge is 2.49. The van der Waals surface area contributed by atoms with E-state index in [0.29, 0.717) is 0 Å². The van der Waals surface area contributed by atoms with Crippen molar-refractivity contribution < 1.29 is 9.53 Å². The third kappa shape index (κ3) is 2.65. The molecule has 2 rings (SSSR count). The Morgan fingerprint density at radius 3 is 3.00 bits per heavy atom. The number of nitrogens with zero attached hydrogens (tertiary/aromatic N) is 1. The van der Waals surface area contributed by atoms with Crippen LogP contribution in [0.25, 0.3) is 0 Å². The van der Waals surface area contributed by atoms with Gasteiger partial charge in [-0.1, -0.05) is 11.8 Å². The normalized spacial score (nSPS) is 35.9. The number of amidine groups is 1. The molecule has 0 aromatic carbocycles. The first-order valence-corrected chi connectivity index (χ1v) is 6.98. The maximum Gasteiger partial charge on any atom is 0.242 e. The van der Waals surface area contributed by atoms with Gasteiger partial charge in [-0.3, -0.25) is 9.79 Å². The lowest BCUT2D eigenvalue weighted by atomic mass is 9.85. The minimum atomic E-state index is -0.327. The molecule has 5 heteroatoms. The van der Waals surface area contributed by atoms with E-state index >= 15 is 0 Å². The summed E-state index contributed by atoms with van der Waals surface area (Å²) in [4.78, 5) is 16.6. The summed E-state index contributed by atoms with van der Waals surface area (Å²) in [6, 6.07) is 0.217. The van der Waals surface area contributed by atoms with E-state index in [4.69, 9.17) is 4.74 Å². The van der Waals surface area contributed by atoms with Gasteiger partial charge in [-0.25, -0.2) is 0 Å². The van der Waals surface area contributed by atoms with Gasteiger partial charge in [-0.2, -0.15) is 0 Å². The molecular formula is C12H20N2O2S. The first-order valence-electron chi connectivity index (χ1n) is 6.17. The van der Waals surface area contributed by atoms with Crippen LogP contribution in [0, 0.1) is 0 Å². The van der Waals surface area contributed by atoms with E-state index in [-0.39, 0.29) is 22.8 Å². The molecule has 17 heavy (non-hydrogen) atoms. The molecule has 1 saturated carbocycles. The van der Waals surface area contributed by atoms with Crippen molar-refractivity contribution in [2.75, 3.05) is 7.11 Å². The minimum Gasteiger partial charge on any atom is -0.381 e. The average molecular weight is 256 g/mol. The van der Waals surface area contributed by atoms with Crippen molar-refractivity contribution in [3.05, 3.63) is 0 Å². The Hall–Kier alpha value is -0.550. The fourth-order valence-corrected chi connectivity index (χ4v) is 3.89. The smallest absolute Gasteiger partial charge is 0.242 e. The fourth-order valence-electron chi connectivity index (χ4n) is 2.45. The number of hydrogen-bond acceptors (Lipinski definition) is 4. The van der Waals surface area contributed by atoms with E-state index in [0.717, 1.165) is 30.9 Å². The Kier molecular flexibility index (Phi) is 3.78. The fraction of sp³-hybridized carbons (Fsp3) is 0.833. The van der Waals surface area contributed by atoms with Crippen LogP contribution in [0.5, 0.6) is 0 Å². The van der Waals surface area contributed by atoms with Crippen LogP contribution in [0.2, 0.25) is 0 Å². The molecule has 1 N–H and O–H groups in total. The largest absolute Gasteiger partial charge is 0.381 e. The van der Waals surface area contributed by atoms with Crippen LogP contribution >= 0.6 is 11.8 Å². The number of methoxy groups -OCH3 is 1. The van der Waals surface area contributed by atoms with Crippen molar-refractivity contribution in [3.8, 4) is 0 Å². The number of nitrogens with one attached hydrogen (secondary N) is 1. The second-order valence-corrected chi connectivity index (χ2v) is 6.40. The SMILES string of the molecule is COC1CCCC2(C1)SC(=NC(C)C)NC2=O. The summed E-state index contributed by atoms with van der Waals surface area (Å²) in [7, 11) is 1.73. The van der Waals surface area contributed by atoms with Gasteiger partial charge in [0.2, 0.25) is 5.91 Å². The molecule has 4 nitrogen and oxygen atoms in total. The van der Waals surface area contributed by atoms with Gasteiger partial charge in [-0.05, 0) is 39.5 Å². The van der Waals surface area contributed by atoms with Crippen LogP contribution in [0.3, 0.4) is 0 Å². The highest BCUT2D eigenvalue weighted by molar-refractivity contribution is 8.16. The molecule has 1 spiro atoms. The molecule has 0 aromatic rings. The average Bonchev–Trinajstić information content (AvgIpc) is 2.54. The Morgan fingerprint density at radius 2 is 2.35 bits per heavy atom. The lowest BCUT2D eigenvalue weighted by molar-refractivity contribution is -0.123. The molecule has 1 saturated heterocycles. The summed E-state index contributed by atoms with van der Waals surface area (Å²) in [5, 5.41) is 3.69. The monoisotopic (exact) mass is 256 g/mol. The molecule has 0 radical (unpaired) electrons. The van der Waals surface area contributed by atoms with Gasteiger partial charge in [0.1, 0.15) is 4.75 Å². The zero-order chi connectivity index (χ0) is 12.5. The highest BCUT2D eigenvalue weighted by atomic mass is 32.2. The molecule has 96 valence electrons. The van der Waals surface area contributed by atoms with Gasteiger partial charge in [0.15, 0.2) is 5.17 Å². The Balaban J connectivity index is 2.13. The van der Waals surface area contributed by atoms with Crippen LogP contribution in [0.1, 0.15) is 39.5 Å². The summed E-state index contributed by atoms with van der Waals surface area (Å²) < 4.78 is 5.08. The molecule has 2 unspecified atom stereocenters. The van der Waals surface area contributed by atoms with Gasteiger partial charge >= 0.3 is 0 Å². The molecule has 1 aliphatic heterocycles. The molecule has 1 amide bonds. The summed E-state index contributed by atoms with van der Waals surface area (Å²) in [6.45, 7) is 4.03. The Morgan fingerprint density at radius 1 is 1.59 bits per heavy atom. The van der Waals surface area contributed by atoms with Crippen molar-refractivity contribution in [3.63, 3.8) is 0 Å².